The minimum Gasteiger partial charge on any atom is -0.489 e. The number of halogens is 1. The Bertz CT molecular complexity index is 451. The zero-order valence-corrected chi connectivity index (χ0v) is 12.7. The summed E-state index contributed by atoms with van der Waals surface area (Å²) in [6, 6.07) is 3.59. The molecule has 0 amide bonds. The molecule has 0 saturated carbocycles. The van der Waals surface area contributed by atoms with Crippen molar-refractivity contribution in [3.05, 3.63) is 22.7 Å². The number of hydrogen-bond acceptors (Lipinski definition) is 4. The highest BCUT2D eigenvalue weighted by molar-refractivity contribution is 6.32. The van der Waals surface area contributed by atoms with E-state index < -0.39 is 0 Å². The molecule has 20 heavy (non-hydrogen) atoms. The molecule has 1 aliphatic heterocycles. The van der Waals surface area contributed by atoms with Gasteiger partial charge in [0.25, 0.3) is 0 Å². The Kier molecular flexibility index (Phi) is 5.52. The van der Waals surface area contributed by atoms with Gasteiger partial charge in [0.15, 0.2) is 11.5 Å². The lowest BCUT2D eigenvalue weighted by molar-refractivity contribution is 0.240. The molecule has 1 heterocycles. The van der Waals surface area contributed by atoms with Crippen LogP contribution in [0.1, 0.15) is 31.9 Å². The fourth-order valence-corrected chi connectivity index (χ4v) is 2.39. The number of aliphatic hydroxyl groups is 1. The van der Waals surface area contributed by atoms with E-state index in [9.17, 15) is 5.11 Å². The second-order valence-corrected chi connectivity index (χ2v) is 5.82. The van der Waals surface area contributed by atoms with Gasteiger partial charge in [0, 0.05) is 6.42 Å². The van der Waals surface area contributed by atoms with E-state index in [4.69, 9.17) is 21.1 Å². The van der Waals surface area contributed by atoms with E-state index in [1.54, 1.807) is 0 Å². The molecule has 2 N–H and O–H groups in total. The maximum absolute atomic E-state index is 9.57. The number of rotatable bonds is 5. The second kappa shape index (κ2) is 7.16. The third-order valence-electron chi connectivity index (χ3n) is 3.18. The Labute approximate surface area is 125 Å². The first-order chi connectivity index (χ1) is 9.61. The summed E-state index contributed by atoms with van der Waals surface area (Å²) >= 11 is 6.27. The molecule has 2 rings (SSSR count). The van der Waals surface area contributed by atoms with Gasteiger partial charge in [0.1, 0.15) is 0 Å². The summed E-state index contributed by atoms with van der Waals surface area (Å²) in [7, 11) is 0. The molecule has 0 saturated heterocycles. The predicted octanol–water partition coefficient (Wildman–Crippen LogP) is 2.78. The zero-order valence-electron chi connectivity index (χ0n) is 12.0. The maximum Gasteiger partial charge on any atom is 0.179 e. The zero-order chi connectivity index (χ0) is 14.5. The van der Waals surface area contributed by atoms with Crippen molar-refractivity contribution in [2.24, 2.45) is 5.92 Å². The average molecular weight is 300 g/mol. The molecule has 0 radical (unpaired) electrons. The molecule has 1 aliphatic rings. The topological polar surface area (TPSA) is 50.7 Å². The lowest BCUT2D eigenvalue weighted by Gasteiger charge is -2.20. The van der Waals surface area contributed by atoms with Crippen LogP contribution in [0.4, 0.5) is 0 Å². The van der Waals surface area contributed by atoms with Gasteiger partial charge in [-0.25, -0.2) is 0 Å². The van der Waals surface area contributed by atoms with Gasteiger partial charge >= 0.3 is 0 Å². The van der Waals surface area contributed by atoms with Gasteiger partial charge in [0.05, 0.1) is 30.9 Å². The standard InChI is InChI=1S/C15H22ClNO3/c1-10(2)8-17-13(9-18)11-6-12(16)15-14(7-11)19-4-3-5-20-15/h6-7,10,13,17-18H,3-5,8-9H2,1-2H3. The van der Waals surface area contributed by atoms with Crippen LogP contribution in [0.2, 0.25) is 5.02 Å². The molecule has 1 unspecified atom stereocenters. The van der Waals surface area contributed by atoms with E-state index in [0.717, 1.165) is 18.5 Å². The molecule has 1 atom stereocenters. The minimum absolute atomic E-state index is 0.0166. The van der Waals surface area contributed by atoms with Gasteiger partial charge in [-0.3, -0.25) is 0 Å². The molecule has 1 aromatic rings. The van der Waals surface area contributed by atoms with E-state index in [-0.39, 0.29) is 12.6 Å². The molecule has 0 aliphatic carbocycles. The molecule has 112 valence electrons. The fourth-order valence-electron chi connectivity index (χ4n) is 2.12. The Morgan fingerprint density at radius 2 is 2.05 bits per heavy atom. The molecular weight excluding hydrogens is 278 g/mol. The normalized spacial score (nSPS) is 16.1. The van der Waals surface area contributed by atoms with Crippen LogP contribution in [0.3, 0.4) is 0 Å². The van der Waals surface area contributed by atoms with Crippen molar-refractivity contribution in [2.45, 2.75) is 26.3 Å². The number of ether oxygens (including phenoxy) is 2. The Morgan fingerprint density at radius 3 is 2.75 bits per heavy atom. The first-order valence-corrected chi connectivity index (χ1v) is 7.43. The van der Waals surface area contributed by atoms with Crippen molar-refractivity contribution in [1.29, 1.82) is 0 Å². The third-order valence-corrected chi connectivity index (χ3v) is 3.46. The monoisotopic (exact) mass is 299 g/mol. The highest BCUT2D eigenvalue weighted by atomic mass is 35.5. The van der Waals surface area contributed by atoms with E-state index in [1.165, 1.54) is 0 Å². The molecule has 0 spiro atoms. The number of nitrogens with one attached hydrogen (secondary N) is 1. The Hall–Kier alpha value is -0.970. The summed E-state index contributed by atoms with van der Waals surface area (Å²) in [5.41, 5.74) is 0.919. The van der Waals surface area contributed by atoms with Crippen LogP contribution >= 0.6 is 11.6 Å². The molecule has 0 aromatic heterocycles. The van der Waals surface area contributed by atoms with Crippen molar-refractivity contribution >= 4 is 11.6 Å². The molecule has 0 bridgehead atoms. The van der Waals surface area contributed by atoms with E-state index in [0.29, 0.717) is 35.7 Å². The minimum atomic E-state index is -0.146. The quantitative estimate of drug-likeness (QED) is 0.878. The second-order valence-electron chi connectivity index (χ2n) is 5.42. The van der Waals surface area contributed by atoms with Crippen LogP contribution in [-0.2, 0) is 0 Å². The first kappa shape index (κ1) is 15.4. The van der Waals surface area contributed by atoms with Crippen molar-refractivity contribution in [3.8, 4) is 11.5 Å². The highest BCUT2D eigenvalue weighted by Gasteiger charge is 2.19. The van der Waals surface area contributed by atoms with Gasteiger partial charge in [-0.2, -0.15) is 0 Å². The SMILES string of the molecule is CC(C)CNC(CO)c1cc(Cl)c2c(c1)OCCCO2. The predicted molar refractivity (Wildman–Crippen MR) is 79.7 cm³/mol. The van der Waals surface area contributed by atoms with Crippen molar-refractivity contribution in [2.75, 3.05) is 26.4 Å². The summed E-state index contributed by atoms with van der Waals surface area (Å²) in [4.78, 5) is 0. The third kappa shape index (κ3) is 3.78. The molecule has 5 heteroatoms. The summed E-state index contributed by atoms with van der Waals surface area (Å²) in [5.74, 6) is 1.78. The smallest absolute Gasteiger partial charge is 0.179 e. The van der Waals surface area contributed by atoms with Gasteiger partial charge in [-0.05, 0) is 30.2 Å². The fraction of sp³-hybridized carbons (Fsp3) is 0.600. The Balaban J connectivity index is 2.22. The lowest BCUT2D eigenvalue weighted by atomic mass is 10.1. The van der Waals surface area contributed by atoms with Gasteiger partial charge in [-0.15, -0.1) is 0 Å². The van der Waals surface area contributed by atoms with Gasteiger partial charge < -0.3 is 19.9 Å². The number of hydrogen-bond donors (Lipinski definition) is 2. The van der Waals surface area contributed by atoms with Crippen molar-refractivity contribution in [1.82, 2.24) is 5.32 Å². The highest BCUT2D eigenvalue weighted by Crippen LogP contribution is 2.39. The van der Waals surface area contributed by atoms with Crippen LogP contribution in [0.25, 0.3) is 0 Å². The summed E-state index contributed by atoms with van der Waals surface area (Å²) in [5, 5.41) is 13.4. The molecule has 1 aromatic carbocycles. The lowest BCUT2D eigenvalue weighted by Crippen LogP contribution is -2.28. The van der Waals surface area contributed by atoms with Crippen LogP contribution in [-0.4, -0.2) is 31.5 Å². The number of benzene rings is 1. The maximum atomic E-state index is 9.57. The summed E-state index contributed by atoms with van der Waals surface area (Å²) in [6.07, 6.45) is 0.843. The average Bonchev–Trinajstić information content (AvgIpc) is 2.65. The Morgan fingerprint density at radius 1 is 1.30 bits per heavy atom. The van der Waals surface area contributed by atoms with E-state index in [1.807, 2.05) is 12.1 Å². The molecular formula is C15H22ClNO3. The van der Waals surface area contributed by atoms with Crippen molar-refractivity contribution < 1.29 is 14.6 Å². The number of fused-ring (bicyclic) bond motifs is 1. The van der Waals surface area contributed by atoms with Gasteiger partial charge in [-0.1, -0.05) is 25.4 Å². The van der Waals surface area contributed by atoms with Crippen molar-refractivity contribution in [3.63, 3.8) is 0 Å². The number of aliphatic hydroxyl groups excluding tert-OH is 1. The largest absolute Gasteiger partial charge is 0.489 e. The van der Waals surface area contributed by atoms with Crippen LogP contribution in [0, 0.1) is 5.92 Å². The van der Waals surface area contributed by atoms with Crippen LogP contribution in [0.5, 0.6) is 11.5 Å². The summed E-state index contributed by atoms with van der Waals surface area (Å²) < 4.78 is 11.3. The van der Waals surface area contributed by atoms with Gasteiger partial charge in [0.2, 0.25) is 0 Å². The molecule has 4 nitrogen and oxygen atoms in total. The van der Waals surface area contributed by atoms with E-state index >= 15 is 0 Å². The van der Waals surface area contributed by atoms with Crippen LogP contribution in [0.15, 0.2) is 12.1 Å². The van der Waals surface area contributed by atoms with E-state index in [2.05, 4.69) is 19.2 Å². The first-order valence-electron chi connectivity index (χ1n) is 7.05. The van der Waals surface area contributed by atoms with Crippen LogP contribution < -0.4 is 14.8 Å². The molecule has 0 fully saturated rings. The summed E-state index contributed by atoms with van der Waals surface area (Å²) in [6.45, 7) is 6.34.